The Morgan fingerprint density at radius 3 is 2.55 bits per heavy atom. The van der Waals surface area contributed by atoms with Gasteiger partial charge in [-0.3, -0.25) is 19.7 Å². The molecule has 3 aromatic heterocycles. The fourth-order valence-electron chi connectivity index (χ4n) is 3.91. The van der Waals surface area contributed by atoms with Gasteiger partial charge >= 0.3 is 6.18 Å². The van der Waals surface area contributed by atoms with E-state index in [-0.39, 0.29) is 28.4 Å². The number of rotatable bonds is 6. The summed E-state index contributed by atoms with van der Waals surface area (Å²) in [6, 6.07) is 10.3. The van der Waals surface area contributed by atoms with Gasteiger partial charge < -0.3 is 19.9 Å². The van der Waals surface area contributed by atoms with Gasteiger partial charge in [-0.15, -0.1) is 0 Å². The van der Waals surface area contributed by atoms with Crippen molar-refractivity contribution in [3.8, 4) is 35.0 Å². The van der Waals surface area contributed by atoms with E-state index in [0.29, 0.717) is 22.9 Å². The highest BCUT2D eigenvalue weighted by molar-refractivity contribution is 14.1. The number of hydrogen-bond donors (Lipinski definition) is 3. The smallest absolute Gasteiger partial charge is 0.416 e. The van der Waals surface area contributed by atoms with Crippen LogP contribution in [0.2, 0.25) is 0 Å². The molecule has 0 radical (unpaired) electrons. The molecule has 3 N–H and O–H groups in total. The molecule has 0 atom stereocenters. The Morgan fingerprint density at radius 1 is 1.00 bits per heavy atom. The van der Waals surface area contributed by atoms with Gasteiger partial charge in [-0.25, -0.2) is 9.97 Å². The van der Waals surface area contributed by atoms with Crippen molar-refractivity contribution < 1.29 is 27.5 Å². The number of halogens is 4. The van der Waals surface area contributed by atoms with Gasteiger partial charge in [-0.2, -0.15) is 18.3 Å². The first-order valence-electron chi connectivity index (χ1n) is 12.6. The second-order valence-corrected chi connectivity index (χ2v) is 10.2. The lowest BCUT2D eigenvalue weighted by Crippen LogP contribution is -2.19. The summed E-state index contributed by atoms with van der Waals surface area (Å²) in [5.74, 6) is 5.77. The maximum atomic E-state index is 13.7. The predicted molar refractivity (Wildman–Crippen MR) is 161 cm³/mol. The molecule has 3 heterocycles. The number of alkyl halides is 3. The molecule has 0 spiro atoms. The van der Waals surface area contributed by atoms with Crippen molar-refractivity contribution in [3.05, 3.63) is 98.9 Å². The summed E-state index contributed by atoms with van der Waals surface area (Å²) < 4.78 is 49.3. The number of ether oxygens (including phenoxy) is 1. The second-order valence-electron chi connectivity index (χ2n) is 9.06. The van der Waals surface area contributed by atoms with Crippen LogP contribution in [-0.4, -0.2) is 48.6 Å². The third-order valence-electron chi connectivity index (χ3n) is 6.09. The van der Waals surface area contributed by atoms with Gasteiger partial charge in [0, 0.05) is 52.8 Å². The number of H-pyrrole nitrogens is 1. The van der Waals surface area contributed by atoms with Crippen LogP contribution in [-0.2, 0) is 13.2 Å². The highest BCUT2D eigenvalue weighted by atomic mass is 127. The van der Waals surface area contributed by atoms with E-state index < -0.39 is 23.6 Å². The highest BCUT2D eigenvalue weighted by Gasteiger charge is 2.32. The van der Waals surface area contributed by atoms with Crippen LogP contribution >= 0.6 is 22.6 Å². The molecule has 5 rings (SSSR count). The Bertz CT molecular complexity index is 1930. The lowest BCUT2D eigenvalue weighted by atomic mass is 10.1. The van der Waals surface area contributed by atoms with Gasteiger partial charge in [-0.05, 0) is 64.9 Å². The molecule has 0 aliphatic rings. The number of anilines is 1. The molecule has 0 bridgehead atoms. The van der Waals surface area contributed by atoms with E-state index in [1.54, 1.807) is 29.9 Å². The first-order valence-corrected chi connectivity index (χ1v) is 13.7. The van der Waals surface area contributed by atoms with Crippen LogP contribution < -0.4 is 15.4 Å². The molecule has 2 aromatic carbocycles. The molecule has 0 unspecified atom stereocenters. The average molecular weight is 712 g/mol. The van der Waals surface area contributed by atoms with Crippen LogP contribution in [0.1, 0.15) is 37.7 Å². The van der Waals surface area contributed by atoms with Crippen molar-refractivity contribution in [2.75, 3.05) is 12.4 Å². The van der Waals surface area contributed by atoms with Crippen molar-refractivity contribution in [2.24, 2.45) is 7.05 Å². The van der Waals surface area contributed by atoms with Crippen LogP contribution in [0.25, 0.3) is 11.6 Å². The second kappa shape index (κ2) is 12.6. The lowest BCUT2D eigenvalue weighted by molar-refractivity contribution is -0.137. The monoisotopic (exact) mass is 712 g/mol. The van der Waals surface area contributed by atoms with Gasteiger partial charge in [0.2, 0.25) is 0 Å². The maximum absolute atomic E-state index is 13.7. The topological polar surface area (TPSA) is 140 Å². The first-order chi connectivity index (χ1) is 21.0. The van der Waals surface area contributed by atoms with E-state index in [4.69, 9.17) is 4.74 Å². The van der Waals surface area contributed by atoms with Crippen molar-refractivity contribution in [2.45, 2.75) is 6.18 Å². The van der Waals surface area contributed by atoms with E-state index in [2.05, 4.69) is 70.2 Å². The van der Waals surface area contributed by atoms with Gasteiger partial charge in [-0.1, -0.05) is 5.92 Å². The van der Waals surface area contributed by atoms with E-state index in [1.807, 2.05) is 0 Å². The van der Waals surface area contributed by atoms with Crippen LogP contribution in [0.3, 0.4) is 0 Å². The SMILES string of the molecule is CNC(=O)c1cc(Oc2cc(NC(=O)c3ccc(I)c(C#Cc4cnc(-c5ncn[nH]5)n4C)c3)cc(C(F)(F)F)c2)ccn1. The first kappa shape index (κ1) is 30.2. The number of amides is 2. The molecule has 11 nitrogen and oxygen atoms in total. The predicted octanol–water partition coefficient (Wildman–Crippen LogP) is 5.03. The summed E-state index contributed by atoms with van der Waals surface area (Å²) in [4.78, 5) is 37.3. The van der Waals surface area contributed by atoms with Crippen LogP contribution in [0.15, 0.2) is 67.3 Å². The summed E-state index contributed by atoms with van der Waals surface area (Å²) in [7, 11) is 3.19. The van der Waals surface area contributed by atoms with E-state index in [9.17, 15) is 22.8 Å². The molecular formula is C29H20F3IN8O3. The summed E-state index contributed by atoms with van der Waals surface area (Å²) in [6.07, 6.45) is -0.494. The number of pyridine rings is 1. The molecule has 2 amide bonds. The Labute approximate surface area is 261 Å². The normalized spacial score (nSPS) is 11.0. The summed E-state index contributed by atoms with van der Waals surface area (Å²) in [5.41, 5.74) is 0.101. The molecule has 0 saturated carbocycles. The van der Waals surface area contributed by atoms with E-state index in [1.165, 1.54) is 43.8 Å². The largest absolute Gasteiger partial charge is 0.457 e. The Hall–Kier alpha value is -5.24. The summed E-state index contributed by atoms with van der Waals surface area (Å²) in [6.45, 7) is 0. The number of nitrogens with one attached hydrogen (secondary N) is 3. The van der Waals surface area contributed by atoms with Gasteiger partial charge in [0.25, 0.3) is 11.8 Å². The Morgan fingerprint density at radius 2 is 1.82 bits per heavy atom. The molecule has 222 valence electrons. The van der Waals surface area contributed by atoms with Crippen molar-refractivity contribution in [3.63, 3.8) is 0 Å². The Balaban J connectivity index is 1.39. The Kier molecular flexibility index (Phi) is 8.62. The number of aromatic nitrogens is 6. The van der Waals surface area contributed by atoms with Gasteiger partial charge in [0.15, 0.2) is 11.6 Å². The average Bonchev–Trinajstić information content (AvgIpc) is 3.65. The van der Waals surface area contributed by atoms with E-state index in [0.717, 1.165) is 15.7 Å². The highest BCUT2D eigenvalue weighted by Crippen LogP contribution is 2.36. The minimum atomic E-state index is -4.73. The number of benzene rings is 2. The quantitative estimate of drug-likeness (QED) is 0.166. The maximum Gasteiger partial charge on any atom is 0.416 e. The zero-order valence-corrected chi connectivity index (χ0v) is 25.0. The number of carbonyl (C=O) groups is 2. The third kappa shape index (κ3) is 6.86. The minimum Gasteiger partial charge on any atom is -0.457 e. The molecule has 15 heteroatoms. The summed E-state index contributed by atoms with van der Waals surface area (Å²) in [5, 5.41) is 11.5. The standard InChI is InChI=1S/C29H20F3IN8O3/c1-34-28(43)24-13-21(7-8-35-24)44-22-11-18(29(30,31)32)10-19(12-22)39-27(42)17-4-6-23(33)16(9-17)3-5-20-14-36-26(41(20)2)25-37-15-38-40-25/h4,6-15H,1-2H3,(H,34,43)(H,39,42)(H,37,38,40). The molecule has 0 saturated heterocycles. The number of imidazole rings is 1. The number of aromatic amines is 1. The van der Waals surface area contributed by atoms with Crippen molar-refractivity contribution in [1.82, 2.24) is 35.0 Å². The van der Waals surface area contributed by atoms with Gasteiger partial charge in [0.05, 0.1) is 11.8 Å². The molecule has 0 fully saturated rings. The van der Waals surface area contributed by atoms with E-state index >= 15 is 0 Å². The summed E-state index contributed by atoms with van der Waals surface area (Å²) >= 11 is 2.07. The fourth-order valence-corrected chi connectivity index (χ4v) is 4.38. The fraction of sp³-hybridized carbons (Fsp3) is 0.103. The number of hydrogen-bond acceptors (Lipinski definition) is 7. The molecule has 44 heavy (non-hydrogen) atoms. The van der Waals surface area contributed by atoms with Crippen LogP contribution in [0, 0.1) is 15.4 Å². The molecular weight excluding hydrogens is 692 g/mol. The van der Waals surface area contributed by atoms with Crippen molar-refractivity contribution in [1.29, 1.82) is 0 Å². The molecule has 0 aliphatic carbocycles. The number of carbonyl (C=O) groups excluding carboxylic acids is 2. The lowest BCUT2D eigenvalue weighted by Gasteiger charge is -2.14. The van der Waals surface area contributed by atoms with Crippen LogP contribution in [0.5, 0.6) is 11.5 Å². The third-order valence-corrected chi connectivity index (χ3v) is 7.03. The number of nitrogens with zero attached hydrogens (tertiary/aromatic N) is 5. The molecule has 0 aliphatic heterocycles. The molecule has 5 aromatic rings. The zero-order chi connectivity index (χ0) is 31.4. The zero-order valence-electron chi connectivity index (χ0n) is 22.8. The van der Waals surface area contributed by atoms with Gasteiger partial charge in [0.1, 0.15) is 29.2 Å². The minimum absolute atomic E-state index is 0.0155. The van der Waals surface area contributed by atoms with Crippen LogP contribution in [0.4, 0.5) is 18.9 Å². The van der Waals surface area contributed by atoms with Crippen molar-refractivity contribution >= 4 is 40.1 Å².